The van der Waals surface area contributed by atoms with Crippen molar-refractivity contribution >= 4 is 17.4 Å². The van der Waals surface area contributed by atoms with E-state index in [2.05, 4.69) is 4.99 Å². The molecule has 0 N–H and O–H groups in total. The lowest BCUT2D eigenvalue weighted by Gasteiger charge is -2.12. The van der Waals surface area contributed by atoms with Gasteiger partial charge in [-0.3, -0.25) is 4.57 Å². The van der Waals surface area contributed by atoms with Crippen LogP contribution in [0.15, 0.2) is 29.3 Å². The molecule has 0 spiro atoms. The van der Waals surface area contributed by atoms with Crippen LogP contribution >= 0.6 is 11.3 Å². The molecule has 4 nitrogen and oxygen atoms in total. The molecule has 0 unspecified atom stereocenters. The number of thiazole rings is 1. The Balaban J connectivity index is 2.03. The second-order valence-electron chi connectivity index (χ2n) is 5.99. The van der Waals surface area contributed by atoms with E-state index in [1.165, 1.54) is 23.5 Å². The Morgan fingerprint density at radius 1 is 1.12 bits per heavy atom. The molecule has 0 saturated carbocycles. The predicted molar refractivity (Wildman–Crippen MR) is 89.9 cm³/mol. The second-order valence-corrected chi connectivity index (χ2v) is 7.18. The highest BCUT2D eigenvalue weighted by molar-refractivity contribution is 7.09. The maximum absolute atomic E-state index is 12.8. The van der Waals surface area contributed by atoms with Crippen molar-refractivity contribution in [3.05, 3.63) is 45.2 Å². The van der Waals surface area contributed by atoms with Crippen LogP contribution in [0.4, 0.5) is 18.0 Å². The topological polar surface area (TPSA) is 37.6 Å². The molecule has 2 amide bonds. The largest absolute Gasteiger partial charge is 0.416 e. The minimum absolute atomic E-state index is 0.292. The van der Waals surface area contributed by atoms with E-state index in [0.29, 0.717) is 23.6 Å². The summed E-state index contributed by atoms with van der Waals surface area (Å²) in [5, 5.41) is 0. The van der Waals surface area contributed by atoms with Gasteiger partial charge in [0, 0.05) is 29.3 Å². The van der Waals surface area contributed by atoms with Crippen LogP contribution in [0, 0.1) is 13.8 Å². The van der Waals surface area contributed by atoms with Gasteiger partial charge in [0.25, 0.3) is 0 Å². The molecule has 1 aromatic carbocycles. The summed E-state index contributed by atoms with van der Waals surface area (Å²) < 4.78 is 40.0. The van der Waals surface area contributed by atoms with Gasteiger partial charge in [-0.05, 0) is 51.0 Å². The normalized spacial score (nSPS) is 15.9. The summed E-state index contributed by atoms with van der Waals surface area (Å²) in [5.74, 6) is 0. The summed E-state index contributed by atoms with van der Waals surface area (Å²) in [5.41, 5.74) is 0.716. The minimum Gasteiger partial charge on any atom is -0.323 e. The lowest BCUT2D eigenvalue weighted by Crippen LogP contribution is -2.27. The van der Waals surface area contributed by atoms with Crippen molar-refractivity contribution in [2.45, 2.75) is 32.9 Å². The summed E-state index contributed by atoms with van der Waals surface area (Å²) in [7, 11) is 0. The molecule has 0 bridgehead atoms. The maximum atomic E-state index is 12.8. The van der Waals surface area contributed by atoms with E-state index in [9.17, 15) is 18.0 Å². The lowest BCUT2D eigenvalue weighted by atomic mass is 10.2. The Labute approximate surface area is 147 Å². The number of aryl methyl sites for hydroxylation is 1. The number of likely N-dealkylation sites (tertiary alicyclic amines) is 1. The molecule has 1 aromatic heterocycles. The number of alkyl halides is 3. The van der Waals surface area contributed by atoms with E-state index in [-0.39, 0.29) is 6.03 Å². The summed E-state index contributed by atoms with van der Waals surface area (Å²) >= 11 is 1.36. The van der Waals surface area contributed by atoms with Crippen LogP contribution in [0.2, 0.25) is 0 Å². The third kappa shape index (κ3) is 3.63. The Hall–Kier alpha value is -2.09. The SMILES string of the molecule is Cc1s/c(=N\C(=O)N2CCCC2)n(-c2ccc(C(F)(F)F)cc2)c1C. The zero-order valence-corrected chi connectivity index (χ0v) is 14.7. The molecular formula is C17H18F3N3OS. The van der Waals surface area contributed by atoms with Crippen molar-refractivity contribution in [3.8, 4) is 5.69 Å². The molecule has 0 aliphatic carbocycles. The van der Waals surface area contributed by atoms with E-state index >= 15 is 0 Å². The molecular weight excluding hydrogens is 351 g/mol. The fourth-order valence-electron chi connectivity index (χ4n) is 2.79. The number of carbonyl (C=O) groups is 1. The molecule has 2 heterocycles. The van der Waals surface area contributed by atoms with Gasteiger partial charge in [-0.2, -0.15) is 18.2 Å². The Morgan fingerprint density at radius 3 is 2.28 bits per heavy atom. The molecule has 1 saturated heterocycles. The molecule has 1 aliphatic heterocycles. The van der Waals surface area contributed by atoms with E-state index < -0.39 is 11.7 Å². The number of nitrogens with zero attached hydrogens (tertiary/aromatic N) is 3. The standard InChI is InChI=1S/C17H18F3N3OS/c1-11-12(2)25-16(21-15(24)22-9-3-4-10-22)23(11)14-7-5-13(6-8-14)17(18,19)20/h5-8H,3-4,9-10H2,1-2H3/b21-16-. The highest BCUT2D eigenvalue weighted by atomic mass is 32.1. The van der Waals surface area contributed by atoms with Crippen LogP contribution in [-0.4, -0.2) is 28.6 Å². The average Bonchev–Trinajstić information content (AvgIpc) is 3.16. The highest BCUT2D eigenvalue weighted by Gasteiger charge is 2.30. The van der Waals surface area contributed by atoms with Crippen LogP contribution in [-0.2, 0) is 6.18 Å². The minimum atomic E-state index is -4.37. The lowest BCUT2D eigenvalue weighted by molar-refractivity contribution is -0.137. The van der Waals surface area contributed by atoms with Crippen LogP contribution in [0.25, 0.3) is 5.69 Å². The van der Waals surface area contributed by atoms with Gasteiger partial charge in [-0.15, -0.1) is 11.3 Å². The van der Waals surface area contributed by atoms with Gasteiger partial charge >= 0.3 is 12.2 Å². The van der Waals surface area contributed by atoms with E-state index in [4.69, 9.17) is 0 Å². The Kier molecular flexibility index (Phi) is 4.73. The smallest absolute Gasteiger partial charge is 0.323 e. The monoisotopic (exact) mass is 369 g/mol. The molecule has 8 heteroatoms. The van der Waals surface area contributed by atoms with Gasteiger partial charge in [0.15, 0.2) is 4.80 Å². The number of amides is 2. The molecule has 3 rings (SSSR count). The number of rotatable bonds is 1. The van der Waals surface area contributed by atoms with E-state index in [0.717, 1.165) is 35.5 Å². The third-order valence-electron chi connectivity index (χ3n) is 4.30. The number of hydrogen-bond acceptors (Lipinski definition) is 2. The van der Waals surface area contributed by atoms with Gasteiger partial charge in [-0.1, -0.05) is 0 Å². The number of hydrogen-bond donors (Lipinski definition) is 0. The fourth-order valence-corrected chi connectivity index (χ4v) is 3.76. The summed E-state index contributed by atoms with van der Waals surface area (Å²) in [6.07, 6.45) is -2.42. The van der Waals surface area contributed by atoms with Crippen molar-refractivity contribution in [1.29, 1.82) is 0 Å². The summed E-state index contributed by atoms with van der Waals surface area (Å²) in [6.45, 7) is 5.17. The predicted octanol–water partition coefficient (Wildman–Crippen LogP) is 4.29. The molecule has 2 aromatic rings. The number of halogens is 3. The van der Waals surface area contributed by atoms with Crippen LogP contribution in [0.5, 0.6) is 0 Å². The molecule has 134 valence electrons. The quantitative estimate of drug-likeness (QED) is 0.739. The molecule has 0 atom stereocenters. The fraction of sp³-hybridized carbons (Fsp3) is 0.412. The Morgan fingerprint density at radius 2 is 1.72 bits per heavy atom. The number of benzene rings is 1. The summed E-state index contributed by atoms with van der Waals surface area (Å²) in [4.78, 5) is 19.7. The van der Waals surface area contributed by atoms with Crippen molar-refractivity contribution in [2.24, 2.45) is 4.99 Å². The van der Waals surface area contributed by atoms with Gasteiger partial charge in [-0.25, -0.2) is 4.79 Å². The van der Waals surface area contributed by atoms with E-state index in [1.807, 2.05) is 13.8 Å². The van der Waals surface area contributed by atoms with Crippen molar-refractivity contribution in [3.63, 3.8) is 0 Å². The van der Waals surface area contributed by atoms with Crippen LogP contribution < -0.4 is 4.80 Å². The van der Waals surface area contributed by atoms with Crippen molar-refractivity contribution in [1.82, 2.24) is 9.47 Å². The zero-order chi connectivity index (χ0) is 18.2. The maximum Gasteiger partial charge on any atom is 0.416 e. The zero-order valence-electron chi connectivity index (χ0n) is 13.9. The van der Waals surface area contributed by atoms with Crippen molar-refractivity contribution in [2.75, 3.05) is 13.1 Å². The Bertz CT molecular complexity index is 844. The molecule has 1 aliphatic rings. The molecule has 1 fully saturated rings. The first-order valence-electron chi connectivity index (χ1n) is 7.97. The molecule has 25 heavy (non-hydrogen) atoms. The van der Waals surface area contributed by atoms with Crippen LogP contribution in [0.1, 0.15) is 29.0 Å². The highest BCUT2D eigenvalue weighted by Crippen LogP contribution is 2.29. The second kappa shape index (κ2) is 6.67. The molecule has 0 radical (unpaired) electrons. The summed E-state index contributed by atoms with van der Waals surface area (Å²) in [6, 6.07) is 4.60. The number of aromatic nitrogens is 1. The average molecular weight is 369 g/mol. The third-order valence-corrected chi connectivity index (χ3v) is 5.36. The first-order valence-corrected chi connectivity index (χ1v) is 8.79. The first-order chi connectivity index (χ1) is 11.8. The van der Waals surface area contributed by atoms with Gasteiger partial charge in [0.2, 0.25) is 0 Å². The van der Waals surface area contributed by atoms with Crippen molar-refractivity contribution < 1.29 is 18.0 Å². The number of urea groups is 1. The van der Waals surface area contributed by atoms with Gasteiger partial charge in [0.1, 0.15) is 0 Å². The number of carbonyl (C=O) groups excluding carboxylic acids is 1. The van der Waals surface area contributed by atoms with Gasteiger partial charge in [0.05, 0.1) is 5.56 Å². The van der Waals surface area contributed by atoms with Crippen LogP contribution in [0.3, 0.4) is 0 Å². The first kappa shape index (κ1) is 17.7. The van der Waals surface area contributed by atoms with Gasteiger partial charge < -0.3 is 4.90 Å². The van der Waals surface area contributed by atoms with E-state index in [1.54, 1.807) is 9.47 Å².